The fraction of sp³-hybridized carbons (Fsp3) is 0.886. The van der Waals surface area contributed by atoms with Gasteiger partial charge in [0, 0.05) is 78.5 Å². The number of rotatable bonds is 12. The van der Waals surface area contributed by atoms with Crippen LogP contribution in [0.25, 0.3) is 0 Å². The molecule has 3 aliphatic heterocycles. The van der Waals surface area contributed by atoms with Crippen molar-refractivity contribution in [1.82, 2.24) is 10.2 Å². The van der Waals surface area contributed by atoms with E-state index in [1.165, 1.54) is 52.7 Å². The summed E-state index contributed by atoms with van der Waals surface area (Å²) in [5.74, 6) is 1.63. The van der Waals surface area contributed by atoms with E-state index < -0.39 is 6.10 Å². The average molecular weight is 824 g/mol. The minimum Gasteiger partial charge on any atom is -0.467 e. The molecule has 3 N–H and O–H groups in total. The fourth-order valence-corrected chi connectivity index (χ4v) is 3.54. The second kappa shape index (κ2) is 53.7. The summed E-state index contributed by atoms with van der Waals surface area (Å²) >= 11 is 0. The number of methoxy groups -OCH3 is 2. The molecule has 0 saturated carbocycles. The van der Waals surface area contributed by atoms with Crippen molar-refractivity contribution < 1.29 is 47.7 Å². The average Bonchev–Trinajstić information content (AvgIpc) is 3.83. The van der Waals surface area contributed by atoms with Crippen LogP contribution in [-0.4, -0.2) is 127 Å². The molecule has 3 unspecified atom stereocenters. The number of hydrogen-bond donors (Lipinski definition) is 2. The minimum atomic E-state index is -0.431. The Kier molecular flexibility index (Phi) is 62.7. The van der Waals surface area contributed by atoms with Gasteiger partial charge in [-0.25, -0.2) is 4.79 Å². The van der Waals surface area contributed by atoms with E-state index in [9.17, 15) is 24.0 Å². The number of esters is 2. The summed E-state index contributed by atoms with van der Waals surface area (Å²) in [7, 11) is 3.06. The molecule has 0 aromatic carbocycles. The van der Waals surface area contributed by atoms with E-state index in [1.54, 1.807) is 34.8 Å². The van der Waals surface area contributed by atoms with Gasteiger partial charge in [-0.15, -0.1) is 0 Å². The number of Topliss-reactive ketones (excluding diaryl/α,β-unsaturated/α-hetero) is 3. The third-order valence-electron chi connectivity index (χ3n) is 7.66. The maximum Gasteiger partial charge on any atom is 0.334 e. The largest absolute Gasteiger partial charge is 0.467 e. The summed E-state index contributed by atoms with van der Waals surface area (Å²) in [6.45, 7) is 37.4. The van der Waals surface area contributed by atoms with Crippen molar-refractivity contribution in [3.05, 3.63) is 0 Å². The third-order valence-corrected chi connectivity index (χ3v) is 7.66. The standard InChI is InChI=1S/C7H16N2.C6H12O3.C5H8O2.3C5H10O.C4H10O.C4H8O.C3H9N/c1-2-5-9-6-3-8-4-7-9;1-4-9-5(2)6(7)8-3;1-4-2-3-7-5(4)6;1-5-2-3-6-4-5;1-4(2)5(3)6;1-3-4-5(2)6;1-3-4-5-2;1-3-4(2)5;1-2-3-4/h8H,2-7H2,1H3;5H,4H2,1-3H3;4H,2-3H2,1H3;5H,2-4H2,1H3;4H,1-3H3;3-4H2,1-2H3;3-4H2,1-2H3;3H2,1-2H3;2-4H2,1H3. The Morgan fingerprint density at radius 3 is 1.54 bits per heavy atom. The maximum absolute atomic E-state index is 10.6. The molecular formula is C44H93N3O10. The fourth-order valence-electron chi connectivity index (χ4n) is 3.54. The van der Waals surface area contributed by atoms with Crippen molar-refractivity contribution in [1.29, 1.82) is 0 Å². The number of nitrogens with two attached hydrogens (primary N) is 1. The SMILES string of the molecule is CC(=O)C(C)C.CC1CCOC1.CC1CCOC1=O.CCC(C)=O.CCCC(C)=O.CCCN.CCCN1CCNCC1.CCCOC.CCOC(C)C(=O)OC. The summed E-state index contributed by atoms with van der Waals surface area (Å²) < 4.78 is 23.7. The van der Waals surface area contributed by atoms with E-state index in [4.69, 9.17) is 19.9 Å². The first kappa shape index (κ1) is 66.5. The first-order valence-corrected chi connectivity index (χ1v) is 21.4. The molecule has 57 heavy (non-hydrogen) atoms. The number of carbonyl (C=O) groups excluding carboxylic acids is 5. The third kappa shape index (κ3) is 65.8. The summed E-state index contributed by atoms with van der Waals surface area (Å²) in [5, 5.41) is 3.33. The smallest absolute Gasteiger partial charge is 0.334 e. The zero-order valence-electron chi connectivity index (χ0n) is 39.9. The number of cyclic esters (lactones) is 1. The van der Waals surface area contributed by atoms with Gasteiger partial charge in [-0.3, -0.25) is 9.59 Å². The van der Waals surface area contributed by atoms with Gasteiger partial charge in [0.05, 0.1) is 19.6 Å². The van der Waals surface area contributed by atoms with Gasteiger partial charge in [-0.05, 0) is 92.2 Å². The van der Waals surface area contributed by atoms with Crippen LogP contribution in [0.4, 0.5) is 0 Å². The van der Waals surface area contributed by atoms with Crippen LogP contribution in [0.2, 0.25) is 0 Å². The first-order valence-electron chi connectivity index (χ1n) is 21.4. The van der Waals surface area contributed by atoms with Gasteiger partial charge in [0.2, 0.25) is 0 Å². The predicted octanol–water partition coefficient (Wildman–Crippen LogP) is 7.49. The van der Waals surface area contributed by atoms with Gasteiger partial charge in [-0.2, -0.15) is 0 Å². The molecule has 0 spiro atoms. The molecule has 0 radical (unpaired) electrons. The molecule has 3 rings (SSSR count). The molecule has 0 aromatic rings. The van der Waals surface area contributed by atoms with Crippen molar-refractivity contribution in [2.45, 2.75) is 154 Å². The summed E-state index contributed by atoms with van der Waals surface area (Å²) in [6.07, 6.45) is 7.63. The van der Waals surface area contributed by atoms with Crippen LogP contribution in [0.1, 0.15) is 148 Å². The molecule has 344 valence electrons. The van der Waals surface area contributed by atoms with Crippen molar-refractivity contribution in [3.8, 4) is 0 Å². The Bertz CT molecular complexity index is 872. The van der Waals surface area contributed by atoms with E-state index in [0.717, 1.165) is 64.4 Å². The van der Waals surface area contributed by atoms with Crippen molar-refractivity contribution >= 4 is 29.3 Å². The predicted molar refractivity (Wildman–Crippen MR) is 236 cm³/mol. The molecule has 0 aromatic heterocycles. The summed E-state index contributed by atoms with van der Waals surface area (Å²) in [5.41, 5.74) is 5.03. The van der Waals surface area contributed by atoms with Gasteiger partial charge in [-0.1, -0.05) is 62.3 Å². The molecule has 3 atom stereocenters. The Morgan fingerprint density at radius 1 is 0.842 bits per heavy atom. The second-order valence-electron chi connectivity index (χ2n) is 14.1. The molecule has 0 amide bonds. The summed E-state index contributed by atoms with van der Waals surface area (Å²) in [4.78, 5) is 53.4. The first-order chi connectivity index (χ1) is 26.9. The molecule has 0 bridgehead atoms. The Balaban J connectivity index is -0.000000130. The van der Waals surface area contributed by atoms with Crippen LogP contribution in [0.15, 0.2) is 0 Å². The number of carbonyl (C=O) groups is 5. The lowest BCUT2D eigenvalue weighted by atomic mass is 10.1. The molecule has 13 nitrogen and oxygen atoms in total. The van der Waals surface area contributed by atoms with Gasteiger partial charge in [0.15, 0.2) is 6.10 Å². The van der Waals surface area contributed by atoms with Gasteiger partial charge >= 0.3 is 11.9 Å². The maximum atomic E-state index is 10.6. The Hall–Kier alpha value is -2.29. The zero-order chi connectivity index (χ0) is 45.5. The van der Waals surface area contributed by atoms with Crippen LogP contribution < -0.4 is 11.1 Å². The van der Waals surface area contributed by atoms with Gasteiger partial charge < -0.3 is 49.2 Å². The van der Waals surface area contributed by atoms with E-state index in [0.29, 0.717) is 19.6 Å². The second-order valence-corrected chi connectivity index (χ2v) is 14.1. The van der Waals surface area contributed by atoms with Crippen LogP contribution in [0.5, 0.6) is 0 Å². The van der Waals surface area contributed by atoms with E-state index in [1.807, 2.05) is 41.5 Å². The molecule has 3 heterocycles. The lowest BCUT2D eigenvalue weighted by Gasteiger charge is -2.26. The normalized spacial score (nSPS) is 16.7. The monoisotopic (exact) mass is 824 g/mol. The molecular weight excluding hydrogens is 730 g/mol. The molecule has 0 aliphatic carbocycles. The molecule has 3 fully saturated rings. The van der Waals surface area contributed by atoms with Crippen LogP contribution in [0, 0.1) is 17.8 Å². The van der Waals surface area contributed by atoms with Crippen LogP contribution in [0.3, 0.4) is 0 Å². The van der Waals surface area contributed by atoms with Gasteiger partial charge in [0.1, 0.15) is 17.3 Å². The quantitative estimate of drug-likeness (QED) is 0.186. The highest BCUT2D eigenvalue weighted by molar-refractivity contribution is 5.77. The molecule has 3 saturated heterocycles. The number of ketones is 3. The van der Waals surface area contributed by atoms with E-state index in [-0.39, 0.29) is 41.1 Å². The summed E-state index contributed by atoms with van der Waals surface area (Å²) in [6, 6.07) is 0. The van der Waals surface area contributed by atoms with Crippen LogP contribution >= 0.6 is 0 Å². The number of ether oxygens (including phenoxy) is 5. The number of hydrogen-bond acceptors (Lipinski definition) is 13. The van der Waals surface area contributed by atoms with Gasteiger partial charge in [0.25, 0.3) is 0 Å². The van der Waals surface area contributed by atoms with Crippen LogP contribution in [-0.2, 0) is 47.7 Å². The number of piperazine rings is 1. The van der Waals surface area contributed by atoms with E-state index in [2.05, 4.69) is 47.4 Å². The van der Waals surface area contributed by atoms with Crippen molar-refractivity contribution in [2.24, 2.45) is 23.5 Å². The van der Waals surface area contributed by atoms with Crippen molar-refractivity contribution in [2.75, 3.05) is 86.5 Å². The molecule has 3 aliphatic rings. The lowest BCUT2D eigenvalue weighted by Crippen LogP contribution is -2.43. The topological polar surface area (TPSA) is 173 Å². The Labute approximate surface area is 350 Å². The van der Waals surface area contributed by atoms with E-state index >= 15 is 0 Å². The highest BCUT2D eigenvalue weighted by Crippen LogP contribution is 2.11. The number of nitrogens with zero attached hydrogens (tertiary/aromatic N) is 1. The Morgan fingerprint density at radius 2 is 1.37 bits per heavy atom. The number of nitrogens with one attached hydrogen (secondary N) is 1. The highest BCUT2D eigenvalue weighted by Gasteiger charge is 2.20. The zero-order valence-corrected chi connectivity index (χ0v) is 39.9. The highest BCUT2D eigenvalue weighted by atomic mass is 16.6. The van der Waals surface area contributed by atoms with Crippen molar-refractivity contribution in [3.63, 3.8) is 0 Å². The molecule has 13 heteroatoms. The minimum absolute atomic E-state index is 0.0417. The lowest BCUT2D eigenvalue weighted by molar-refractivity contribution is -0.152.